The van der Waals surface area contributed by atoms with Crippen molar-refractivity contribution < 1.29 is 31.5 Å². The van der Waals surface area contributed by atoms with E-state index in [1.54, 1.807) is 31.4 Å². The summed E-state index contributed by atoms with van der Waals surface area (Å²) in [5.74, 6) is 0.620. The molecule has 0 aliphatic carbocycles. The Labute approximate surface area is 222 Å². The summed E-state index contributed by atoms with van der Waals surface area (Å²) in [5, 5.41) is -0.485. The van der Waals surface area contributed by atoms with Gasteiger partial charge in [0.15, 0.2) is 12.6 Å². The summed E-state index contributed by atoms with van der Waals surface area (Å²) >= 11 is 1.52. The van der Waals surface area contributed by atoms with Crippen LogP contribution in [0, 0.1) is 6.92 Å². The lowest BCUT2D eigenvalue weighted by Gasteiger charge is -2.48. The molecule has 3 aromatic carbocycles. The topological polar surface area (TPSA) is 80.3 Å². The molecule has 2 saturated heterocycles. The fraction of sp³-hybridized carbons (Fsp3) is 0.357. The van der Waals surface area contributed by atoms with Gasteiger partial charge in [-0.15, -0.1) is 11.8 Å². The minimum absolute atomic E-state index is 0.0913. The van der Waals surface area contributed by atoms with Gasteiger partial charge < -0.3 is 18.9 Å². The lowest BCUT2D eigenvalue weighted by Crippen LogP contribution is -2.62. The van der Waals surface area contributed by atoms with Crippen molar-refractivity contribution in [2.45, 2.75) is 53.7 Å². The molecule has 9 heteroatoms. The number of hydrogen-bond acceptors (Lipinski definition) is 8. The number of methoxy groups -OCH3 is 1. The minimum atomic E-state index is -4.10. The smallest absolute Gasteiger partial charge is 0.297 e. The Morgan fingerprint density at radius 1 is 0.919 bits per heavy atom. The molecule has 0 saturated carbocycles. The zero-order chi connectivity index (χ0) is 25.8. The largest absolute Gasteiger partial charge is 0.355 e. The normalized spacial score (nSPS) is 27.9. The Morgan fingerprint density at radius 3 is 2.27 bits per heavy atom. The highest BCUT2D eigenvalue weighted by molar-refractivity contribution is 7.99. The van der Waals surface area contributed by atoms with Crippen LogP contribution < -0.4 is 0 Å². The third kappa shape index (κ3) is 6.09. The van der Waals surface area contributed by atoms with Gasteiger partial charge in [-0.1, -0.05) is 78.4 Å². The fourth-order valence-electron chi connectivity index (χ4n) is 4.47. The van der Waals surface area contributed by atoms with Gasteiger partial charge >= 0.3 is 0 Å². The summed E-state index contributed by atoms with van der Waals surface area (Å²) in [5.41, 5.74) is 2.89. The van der Waals surface area contributed by atoms with Gasteiger partial charge in [0.05, 0.1) is 16.8 Å². The van der Waals surface area contributed by atoms with Gasteiger partial charge in [-0.3, -0.25) is 4.18 Å². The van der Waals surface area contributed by atoms with Crippen LogP contribution in [0.1, 0.15) is 23.0 Å². The predicted octanol–water partition coefficient (Wildman–Crippen LogP) is 4.86. The van der Waals surface area contributed by atoms with Crippen LogP contribution in [-0.4, -0.2) is 52.0 Å². The van der Waals surface area contributed by atoms with Crippen LogP contribution in [0.25, 0.3) is 0 Å². The molecule has 2 heterocycles. The van der Waals surface area contributed by atoms with E-state index in [1.165, 1.54) is 11.8 Å². The summed E-state index contributed by atoms with van der Waals surface area (Å²) in [4.78, 5) is 0.0913. The van der Waals surface area contributed by atoms with Crippen LogP contribution in [0.5, 0.6) is 0 Å². The van der Waals surface area contributed by atoms with Gasteiger partial charge in [0.25, 0.3) is 10.1 Å². The molecule has 3 aromatic rings. The summed E-state index contributed by atoms with van der Waals surface area (Å²) in [6, 6.07) is 26.1. The Bertz CT molecular complexity index is 1250. The molecule has 5 rings (SSSR count). The molecule has 7 nitrogen and oxygen atoms in total. The van der Waals surface area contributed by atoms with Crippen LogP contribution >= 0.6 is 11.8 Å². The van der Waals surface area contributed by atoms with Crippen molar-refractivity contribution in [3.8, 4) is 0 Å². The monoisotopic (exact) mass is 542 g/mol. The second-order valence-electron chi connectivity index (χ2n) is 9.04. The van der Waals surface area contributed by atoms with Crippen LogP contribution in [0.4, 0.5) is 0 Å². The molecule has 0 N–H and O–H groups in total. The van der Waals surface area contributed by atoms with E-state index < -0.39 is 46.3 Å². The van der Waals surface area contributed by atoms with Crippen molar-refractivity contribution in [3.05, 3.63) is 102 Å². The first-order chi connectivity index (χ1) is 17.9. The zero-order valence-electron chi connectivity index (χ0n) is 20.6. The highest BCUT2D eigenvalue weighted by Crippen LogP contribution is 2.41. The molecule has 2 aliphatic heterocycles. The number of fused-ring (bicyclic) bond motifs is 1. The van der Waals surface area contributed by atoms with E-state index in [4.69, 9.17) is 23.1 Å². The van der Waals surface area contributed by atoms with Crippen molar-refractivity contribution in [3.63, 3.8) is 0 Å². The average Bonchev–Trinajstić information content (AvgIpc) is 2.93. The first kappa shape index (κ1) is 26.4. The lowest BCUT2D eigenvalue weighted by atomic mass is 9.99. The maximum absolute atomic E-state index is 13.5. The average molecular weight is 543 g/mol. The van der Waals surface area contributed by atoms with Crippen LogP contribution in [-0.2, 0) is 39.0 Å². The van der Waals surface area contributed by atoms with Crippen LogP contribution in [0.2, 0.25) is 0 Å². The molecule has 0 bridgehead atoms. The molecule has 6 atom stereocenters. The molecule has 37 heavy (non-hydrogen) atoms. The molecular formula is C28H30O7S2. The number of benzene rings is 3. The van der Waals surface area contributed by atoms with Crippen molar-refractivity contribution in [2.24, 2.45) is 0 Å². The van der Waals surface area contributed by atoms with Crippen LogP contribution in [0.15, 0.2) is 89.8 Å². The van der Waals surface area contributed by atoms with E-state index in [2.05, 4.69) is 0 Å². The van der Waals surface area contributed by atoms with Gasteiger partial charge in [-0.25, -0.2) is 0 Å². The van der Waals surface area contributed by atoms with Crippen LogP contribution in [0.3, 0.4) is 0 Å². The summed E-state index contributed by atoms with van der Waals surface area (Å²) in [7, 11) is -2.56. The van der Waals surface area contributed by atoms with Gasteiger partial charge in [0.1, 0.15) is 18.3 Å². The first-order valence-corrected chi connectivity index (χ1v) is 14.6. The maximum atomic E-state index is 13.5. The minimum Gasteiger partial charge on any atom is -0.355 e. The standard InChI is InChI=1S/C28H30O7S2/c1-19-13-15-22(16-14-19)37(29,30)35-25-24-23(17-32-27(34-24)21-11-7-4-8-12-21)33-28(31-2)26(25)36-18-20-9-5-3-6-10-20/h3-16,23-28H,17-18H2,1-2H3. The molecule has 2 aliphatic rings. The van der Waals surface area contributed by atoms with Gasteiger partial charge in [-0.2, -0.15) is 8.42 Å². The molecule has 2 fully saturated rings. The number of thioether (sulfide) groups is 1. The molecule has 0 aromatic heterocycles. The Morgan fingerprint density at radius 2 is 1.59 bits per heavy atom. The summed E-state index contributed by atoms with van der Waals surface area (Å²) in [6.45, 7) is 2.12. The van der Waals surface area contributed by atoms with E-state index in [9.17, 15) is 8.42 Å². The highest BCUT2D eigenvalue weighted by Gasteiger charge is 2.52. The van der Waals surface area contributed by atoms with E-state index >= 15 is 0 Å². The van der Waals surface area contributed by atoms with E-state index in [1.807, 2.05) is 67.6 Å². The Hall–Kier alpha value is -2.24. The second-order valence-corrected chi connectivity index (χ2v) is 11.8. The number of aryl methyl sites for hydroxylation is 1. The van der Waals surface area contributed by atoms with Gasteiger partial charge in [-0.05, 0) is 24.6 Å². The predicted molar refractivity (Wildman–Crippen MR) is 140 cm³/mol. The van der Waals surface area contributed by atoms with Crippen molar-refractivity contribution >= 4 is 21.9 Å². The summed E-state index contributed by atoms with van der Waals surface area (Å²) < 4.78 is 57.1. The van der Waals surface area contributed by atoms with Gasteiger partial charge in [0, 0.05) is 18.4 Å². The van der Waals surface area contributed by atoms with E-state index in [0.717, 1.165) is 16.7 Å². The molecule has 196 valence electrons. The number of rotatable bonds is 8. The van der Waals surface area contributed by atoms with Crippen molar-refractivity contribution in [2.75, 3.05) is 13.7 Å². The first-order valence-electron chi connectivity index (χ1n) is 12.1. The highest BCUT2D eigenvalue weighted by atomic mass is 32.2. The molecular weight excluding hydrogens is 512 g/mol. The van der Waals surface area contributed by atoms with E-state index in [-0.39, 0.29) is 11.5 Å². The number of ether oxygens (including phenoxy) is 4. The fourth-order valence-corrected chi connectivity index (χ4v) is 6.96. The quantitative estimate of drug-likeness (QED) is 0.374. The molecule has 0 spiro atoms. The number of hydrogen-bond donors (Lipinski definition) is 0. The molecule has 0 radical (unpaired) electrons. The maximum Gasteiger partial charge on any atom is 0.297 e. The Balaban J connectivity index is 1.47. The SMILES string of the molecule is COC1OC2COC(c3ccccc3)OC2C(OS(=O)(=O)c2ccc(C)cc2)C1SCc1ccccc1. The second kappa shape index (κ2) is 11.7. The van der Waals surface area contributed by atoms with Gasteiger partial charge in [0.2, 0.25) is 0 Å². The Kier molecular flexibility index (Phi) is 8.31. The molecule has 0 amide bonds. The summed E-state index contributed by atoms with van der Waals surface area (Å²) in [6.07, 6.45) is -3.51. The lowest BCUT2D eigenvalue weighted by molar-refractivity contribution is -0.329. The third-order valence-electron chi connectivity index (χ3n) is 6.42. The molecule has 6 unspecified atom stereocenters. The van der Waals surface area contributed by atoms with Crippen molar-refractivity contribution in [1.82, 2.24) is 0 Å². The third-order valence-corrected chi connectivity index (χ3v) is 9.12. The van der Waals surface area contributed by atoms with Crippen molar-refractivity contribution in [1.29, 1.82) is 0 Å². The zero-order valence-corrected chi connectivity index (χ0v) is 22.3. The van der Waals surface area contributed by atoms with E-state index in [0.29, 0.717) is 5.75 Å².